The number of esters is 1. The lowest BCUT2D eigenvalue weighted by Gasteiger charge is -2.07. The lowest BCUT2D eigenvalue weighted by atomic mass is 10.2. The van der Waals surface area contributed by atoms with Crippen LogP contribution in [0.1, 0.15) is 28.9 Å². The highest BCUT2D eigenvalue weighted by Gasteiger charge is 2.16. The number of aromatic nitrogens is 1. The minimum Gasteiger partial charge on any atom is -0.464 e. The number of benzene rings is 1. The SMILES string of the molecule is C/C=C(\NC(=O)OCc1ccccc1)c1nc(C(=O)OC)co1. The highest BCUT2D eigenvalue weighted by molar-refractivity contribution is 5.87. The van der Waals surface area contributed by atoms with Crippen LogP contribution >= 0.6 is 0 Å². The average Bonchev–Trinajstić information content (AvgIpc) is 3.08. The van der Waals surface area contributed by atoms with E-state index >= 15 is 0 Å². The van der Waals surface area contributed by atoms with Crippen LogP contribution in [0.4, 0.5) is 4.79 Å². The summed E-state index contributed by atoms with van der Waals surface area (Å²) in [5.41, 5.74) is 1.17. The molecular weight excluding hydrogens is 300 g/mol. The van der Waals surface area contributed by atoms with E-state index < -0.39 is 12.1 Å². The second-order valence-corrected chi connectivity index (χ2v) is 4.42. The number of alkyl carbamates (subject to hydrolysis) is 1. The molecular formula is C16H16N2O5. The first-order valence-electron chi connectivity index (χ1n) is 6.82. The maximum atomic E-state index is 11.8. The number of nitrogens with one attached hydrogen (secondary N) is 1. The molecule has 0 fully saturated rings. The monoisotopic (exact) mass is 316 g/mol. The Hall–Kier alpha value is -3.09. The van der Waals surface area contributed by atoms with Crippen molar-refractivity contribution in [3.8, 4) is 0 Å². The van der Waals surface area contributed by atoms with E-state index in [4.69, 9.17) is 9.15 Å². The summed E-state index contributed by atoms with van der Waals surface area (Å²) in [6.45, 7) is 1.83. The van der Waals surface area contributed by atoms with Gasteiger partial charge in [0.05, 0.1) is 7.11 Å². The van der Waals surface area contributed by atoms with Crippen LogP contribution in [-0.2, 0) is 16.1 Å². The quantitative estimate of drug-likeness (QED) is 0.853. The number of nitrogens with zero attached hydrogens (tertiary/aromatic N) is 1. The van der Waals surface area contributed by atoms with Gasteiger partial charge in [-0.3, -0.25) is 5.32 Å². The smallest absolute Gasteiger partial charge is 0.412 e. The summed E-state index contributed by atoms with van der Waals surface area (Å²) in [6.07, 6.45) is 2.08. The first-order valence-corrected chi connectivity index (χ1v) is 6.82. The lowest BCUT2D eigenvalue weighted by Crippen LogP contribution is -2.23. The number of amides is 1. The Morgan fingerprint density at radius 2 is 2.04 bits per heavy atom. The van der Waals surface area contributed by atoms with Crippen molar-refractivity contribution >= 4 is 17.8 Å². The van der Waals surface area contributed by atoms with Crippen LogP contribution in [0.5, 0.6) is 0 Å². The third-order valence-electron chi connectivity index (χ3n) is 2.87. The van der Waals surface area contributed by atoms with E-state index in [1.807, 2.05) is 30.3 Å². The molecule has 0 unspecified atom stereocenters. The highest BCUT2D eigenvalue weighted by atomic mass is 16.5. The van der Waals surface area contributed by atoms with Crippen molar-refractivity contribution in [3.05, 3.63) is 59.8 Å². The first kappa shape index (κ1) is 16.3. The summed E-state index contributed by atoms with van der Waals surface area (Å²) in [6, 6.07) is 9.29. The first-order chi connectivity index (χ1) is 11.1. The molecule has 0 spiro atoms. The fraction of sp³-hybridized carbons (Fsp3) is 0.188. The largest absolute Gasteiger partial charge is 0.464 e. The zero-order valence-corrected chi connectivity index (χ0v) is 12.7. The zero-order chi connectivity index (χ0) is 16.7. The molecule has 1 N–H and O–H groups in total. The molecule has 0 bridgehead atoms. The van der Waals surface area contributed by atoms with E-state index in [9.17, 15) is 9.59 Å². The highest BCUT2D eigenvalue weighted by Crippen LogP contribution is 2.12. The van der Waals surface area contributed by atoms with Crippen molar-refractivity contribution in [1.29, 1.82) is 0 Å². The summed E-state index contributed by atoms with van der Waals surface area (Å²) >= 11 is 0. The van der Waals surface area contributed by atoms with Crippen molar-refractivity contribution in [2.24, 2.45) is 0 Å². The standard InChI is InChI=1S/C16H16N2O5/c1-3-12(14-17-13(10-22-14)15(19)21-2)18-16(20)23-9-11-7-5-4-6-8-11/h3-8,10H,9H2,1-2H3,(H,18,20)/b12-3-. The molecule has 0 aliphatic rings. The molecule has 0 saturated heterocycles. The molecule has 0 saturated carbocycles. The number of methoxy groups -OCH3 is 1. The summed E-state index contributed by atoms with van der Waals surface area (Å²) < 4.78 is 14.8. The predicted molar refractivity (Wildman–Crippen MR) is 81.3 cm³/mol. The van der Waals surface area contributed by atoms with E-state index in [0.29, 0.717) is 5.70 Å². The van der Waals surface area contributed by atoms with E-state index in [2.05, 4.69) is 15.0 Å². The van der Waals surface area contributed by atoms with Crippen molar-refractivity contribution in [3.63, 3.8) is 0 Å². The number of hydrogen-bond acceptors (Lipinski definition) is 6. The maximum Gasteiger partial charge on any atom is 0.412 e. The van der Waals surface area contributed by atoms with Gasteiger partial charge in [-0.05, 0) is 12.5 Å². The van der Waals surface area contributed by atoms with Gasteiger partial charge in [0, 0.05) is 0 Å². The van der Waals surface area contributed by atoms with Crippen LogP contribution in [0.3, 0.4) is 0 Å². The van der Waals surface area contributed by atoms with Crippen molar-refractivity contribution in [1.82, 2.24) is 10.3 Å². The van der Waals surface area contributed by atoms with Crippen LogP contribution < -0.4 is 5.32 Å². The number of hydrogen-bond donors (Lipinski definition) is 1. The fourth-order valence-electron chi connectivity index (χ4n) is 1.71. The molecule has 1 amide bonds. The van der Waals surface area contributed by atoms with Gasteiger partial charge in [-0.15, -0.1) is 0 Å². The molecule has 2 rings (SSSR count). The Labute approximate surface area is 132 Å². The second kappa shape index (κ2) is 7.79. The second-order valence-electron chi connectivity index (χ2n) is 4.42. The minimum atomic E-state index is -0.653. The molecule has 120 valence electrons. The van der Waals surface area contributed by atoms with E-state index in [-0.39, 0.29) is 18.2 Å². The van der Waals surface area contributed by atoms with Crippen molar-refractivity contribution in [2.75, 3.05) is 7.11 Å². The molecule has 0 atom stereocenters. The number of oxazole rings is 1. The van der Waals surface area contributed by atoms with E-state index in [1.165, 1.54) is 7.11 Å². The van der Waals surface area contributed by atoms with Crippen LogP contribution in [0, 0.1) is 0 Å². The van der Waals surface area contributed by atoms with E-state index in [1.54, 1.807) is 13.0 Å². The number of rotatable bonds is 5. The third kappa shape index (κ3) is 4.44. The molecule has 1 aromatic carbocycles. The Bertz CT molecular complexity index is 706. The molecule has 0 radical (unpaired) electrons. The third-order valence-corrected chi connectivity index (χ3v) is 2.87. The average molecular weight is 316 g/mol. The Kier molecular flexibility index (Phi) is 5.51. The maximum absolute atomic E-state index is 11.8. The topological polar surface area (TPSA) is 90.7 Å². The number of carbonyl (C=O) groups excluding carboxylic acids is 2. The van der Waals surface area contributed by atoms with Gasteiger partial charge in [0.1, 0.15) is 18.6 Å². The molecule has 7 heteroatoms. The Morgan fingerprint density at radius 1 is 1.30 bits per heavy atom. The Morgan fingerprint density at radius 3 is 2.70 bits per heavy atom. The van der Waals surface area contributed by atoms with Crippen LogP contribution in [0.2, 0.25) is 0 Å². The van der Waals surface area contributed by atoms with Gasteiger partial charge in [0.25, 0.3) is 0 Å². The summed E-state index contributed by atoms with van der Waals surface area (Å²) in [5, 5.41) is 2.52. The minimum absolute atomic E-state index is 0.0151. The van der Waals surface area contributed by atoms with Gasteiger partial charge < -0.3 is 13.9 Å². The Balaban J connectivity index is 1.95. The summed E-state index contributed by atoms with van der Waals surface area (Å²) in [4.78, 5) is 27.1. The van der Waals surface area contributed by atoms with Gasteiger partial charge in [-0.2, -0.15) is 0 Å². The molecule has 0 aliphatic carbocycles. The summed E-state index contributed by atoms with van der Waals surface area (Å²) in [7, 11) is 1.24. The summed E-state index contributed by atoms with van der Waals surface area (Å²) in [5.74, 6) is -0.535. The number of ether oxygens (including phenoxy) is 2. The number of carbonyl (C=O) groups is 2. The van der Waals surface area contributed by atoms with Gasteiger partial charge in [-0.25, -0.2) is 14.6 Å². The van der Waals surface area contributed by atoms with Gasteiger partial charge in [-0.1, -0.05) is 36.4 Å². The van der Waals surface area contributed by atoms with E-state index in [0.717, 1.165) is 11.8 Å². The predicted octanol–water partition coefficient (Wildman–Crippen LogP) is 2.75. The van der Waals surface area contributed by atoms with Gasteiger partial charge >= 0.3 is 12.1 Å². The lowest BCUT2D eigenvalue weighted by molar-refractivity contribution is 0.0594. The molecule has 1 aromatic heterocycles. The fourth-order valence-corrected chi connectivity index (χ4v) is 1.71. The number of allylic oxidation sites excluding steroid dienone is 1. The van der Waals surface area contributed by atoms with Crippen LogP contribution in [-0.4, -0.2) is 24.2 Å². The molecule has 7 nitrogen and oxygen atoms in total. The molecule has 0 aliphatic heterocycles. The molecule has 2 aromatic rings. The van der Waals surface area contributed by atoms with Crippen molar-refractivity contribution < 1.29 is 23.5 Å². The molecule has 1 heterocycles. The van der Waals surface area contributed by atoms with Crippen LogP contribution in [0.25, 0.3) is 5.70 Å². The van der Waals surface area contributed by atoms with Gasteiger partial charge in [0.2, 0.25) is 5.89 Å². The van der Waals surface area contributed by atoms with Crippen LogP contribution in [0.15, 0.2) is 47.1 Å². The van der Waals surface area contributed by atoms with Crippen molar-refractivity contribution in [2.45, 2.75) is 13.5 Å². The zero-order valence-electron chi connectivity index (χ0n) is 12.7. The molecule has 23 heavy (non-hydrogen) atoms. The normalized spacial score (nSPS) is 11.0. The van der Waals surface area contributed by atoms with Gasteiger partial charge in [0.15, 0.2) is 5.69 Å².